The highest BCUT2D eigenvalue weighted by atomic mass is 32.1. The largest absolute Gasteiger partial charge is 0.306 e. The maximum atomic E-state index is 4.66. The zero-order valence-electron chi connectivity index (χ0n) is 11.3. The summed E-state index contributed by atoms with van der Waals surface area (Å²) in [5.74, 6) is 0.897. The van der Waals surface area contributed by atoms with Gasteiger partial charge in [-0.2, -0.15) is 10.1 Å². The predicted molar refractivity (Wildman–Crippen MR) is 76.8 cm³/mol. The van der Waals surface area contributed by atoms with Crippen LogP contribution in [-0.4, -0.2) is 24.7 Å². The average molecular weight is 275 g/mol. The number of aromatic nitrogens is 4. The van der Waals surface area contributed by atoms with Crippen molar-refractivity contribution in [3.8, 4) is 5.82 Å². The van der Waals surface area contributed by atoms with E-state index in [1.165, 1.54) is 0 Å². The third-order valence-electron chi connectivity index (χ3n) is 2.85. The van der Waals surface area contributed by atoms with Gasteiger partial charge in [-0.15, -0.1) is 11.3 Å². The lowest BCUT2D eigenvalue weighted by Crippen LogP contribution is -2.35. The van der Waals surface area contributed by atoms with Crippen molar-refractivity contribution in [3.63, 3.8) is 0 Å². The molecule has 0 saturated heterocycles. The van der Waals surface area contributed by atoms with Crippen molar-refractivity contribution in [3.05, 3.63) is 35.7 Å². The first-order valence-corrected chi connectivity index (χ1v) is 7.12. The third-order valence-corrected chi connectivity index (χ3v) is 3.60. The molecular formula is C13H17N5S. The lowest BCUT2D eigenvalue weighted by atomic mass is 10.1. The Morgan fingerprint density at radius 2 is 2.16 bits per heavy atom. The molecule has 0 aliphatic carbocycles. The summed E-state index contributed by atoms with van der Waals surface area (Å²) >= 11 is 1.64. The quantitative estimate of drug-likeness (QED) is 0.799. The molecule has 3 heterocycles. The fourth-order valence-electron chi connectivity index (χ4n) is 1.91. The molecule has 100 valence electrons. The molecule has 1 N–H and O–H groups in total. The van der Waals surface area contributed by atoms with Gasteiger partial charge < -0.3 is 5.32 Å². The van der Waals surface area contributed by atoms with Gasteiger partial charge in [0.15, 0.2) is 10.8 Å². The van der Waals surface area contributed by atoms with Gasteiger partial charge in [0.1, 0.15) is 0 Å². The van der Waals surface area contributed by atoms with E-state index in [2.05, 4.69) is 52.1 Å². The van der Waals surface area contributed by atoms with Gasteiger partial charge >= 0.3 is 0 Å². The molecule has 0 amide bonds. The van der Waals surface area contributed by atoms with Crippen molar-refractivity contribution < 1.29 is 0 Å². The van der Waals surface area contributed by atoms with Gasteiger partial charge in [0, 0.05) is 36.1 Å². The van der Waals surface area contributed by atoms with Crippen LogP contribution in [0, 0.1) is 0 Å². The smallest absolute Gasteiger partial charge is 0.196 e. The monoisotopic (exact) mass is 275 g/mol. The second-order valence-corrected chi connectivity index (χ2v) is 6.36. The second-order valence-electron chi connectivity index (χ2n) is 5.49. The van der Waals surface area contributed by atoms with Crippen molar-refractivity contribution in [2.24, 2.45) is 0 Å². The van der Waals surface area contributed by atoms with Gasteiger partial charge in [-0.3, -0.25) is 4.40 Å². The topological polar surface area (TPSA) is 47.2 Å². The van der Waals surface area contributed by atoms with Crippen LogP contribution in [0.15, 0.2) is 30.0 Å². The zero-order valence-corrected chi connectivity index (χ0v) is 12.1. The Labute approximate surface area is 115 Å². The van der Waals surface area contributed by atoms with E-state index >= 15 is 0 Å². The van der Waals surface area contributed by atoms with Crippen LogP contribution in [0.5, 0.6) is 0 Å². The van der Waals surface area contributed by atoms with Crippen LogP contribution in [0.1, 0.15) is 26.5 Å². The second kappa shape index (κ2) is 4.47. The summed E-state index contributed by atoms with van der Waals surface area (Å²) in [6.45, 7) is 7.24. The van der Waals surface area contributed by atoms with Crippen molar-refractivity contribution in [1.82, 2.24) is 24.5 Å². The molecule has 0 radical (unpaired) electrons. The fourth-order valence-corrected chi connectivity index (χ4v) is 2.64. The maximum Gasteiger partial charge on any atom is 0.196 e. The van der Waals surface area contributed by atoms with Crippen LogP contribution in [0.2, 0.25) is 0 Å². The lowest BCUT2D eigenvalue weighted by Gasteiger charge is -2.20. The van der Waals surface area contributed by atoms with E-state index in [1.807, 2.05) is 16.9 Å². The first-order chi connectivity index (χ1) is 9.04. The first kappa shape index (κ1) is 12.4. The van der Waals surface area contributed by atoms with Crippen molar-refractivity contribution in [2.75, 3.05) is 0 Å². The van der Waals surface area contributed by atoms with E-state index in [1.54, 1.807) is 17.5 Å². The SMILES string of the molecule is CC(C)(C)NCc1c(-n2cccn2)nc2sccn12. The molecule has 0 saturated carbocycles. The minimum Gasteiger partial charge on any atom is -0.306 e. The van der Waals surface area contributed by atoms with Gasteiger partial charge in [-0.1, -0.05) is 0 Å². The molecule has 0 spiro atoms. The Kier molecular flexibility index (Phi) is 2.91. The molecule has 0 fully saturated rings. The Balaban J connectivity index is 2.04. The number of hydrogen-bond acceptors (Lipinski definition) is 4. The van der Waals surface area contributed by atoms with Gasteiger partial charge in [0.05, 0.1) is 5.69 Å². The van der Waals surface area contributed by atoms with E-state index in [9.17, 15) is 0 Å². The third kappa shape index (κ3) is 2.41. The van der Waals surface area contributed by atoms with Gasteiger partial charge in [-0.05, 0) is 26.8 Å². The van der Waals surface area contributed by atoms with Crippen molar-refractivity contribution >= 4 is 16.3 Å². The Hall–Kier alpha value is -1.66. The minimum atomic E-state index is 0.0710. The predicted octanol–water partition coefficient (Wildman–Crippen LogP) is 2.47. The van der Waals surface area contributed by atoms with Crippen molar-refractivity contribution in [1.29, 1.82) is 0 Å². The Morgan fingerprint density at radius 3 is 2.84 bits per heavy atom. The standard InChI is InChI=1S/C13H17N5S/c1-13(2,3)14-9-10-11(18-6-4-5-15-18)16-12-17(10)7-8-19-12/h4-8,14H,9H2,1-3H3. The normalized spacial score (nSPS) is 12.4. The van der Waals surface area contributed by atoms with E-state index in [4.69, 9.17) is 0 Å². The summed E-state index contributed by atoms with van der Waals surface area (Å²) in [5.41, 5.74) is 1.21. The van der Waals surface area contributed by atoms with Crippen LogP contribution < -0.4 is 5.32 Å². The van der Waals surface area contributed by atoms with E-state index < -0.39 is 0 Å². The summed E-state index contributed by atoms with van der Waals surface area (Å²) in [7, 11) is 0. The van der Waals surface area contributed by atoms with Gasteiger partial charge in [0.2, 0.25) is 0 Å². The average Bonchev–Trinajstić information content (AvgIpc) is 3.01. The molecule has 0 aromatic carbocycles. The minimum absolute atomic E-state index is 0.0710. The van der Waals surface area contributed by atoms with Crippen LogP contribution in [0.4, 0.5) is 0 Å². The van der Waals surface area contributed by atoms with E-state index in [0.29, 0.717) is 0 Å². The van der Waals surface area contributed by atoms with Crippen molar-refractivity contribution in [2.45, 2.75) is 32.9 Å². The van der Waals surface area contributed by atoms with Gasteiger partial charge in [-0.25, -0.2) is 4.68 Å². The molecule has 0 unspecified atom stereocenters. The van der Waals surface area contributed by atoms with Crippen LogP contribution in [-0.2, 0) is 6.54 Å². The van der Waals surface area contributed by atoms with E-state index in [0.717, 1.165) is 23.0 Å². The van der Waals surface area contributed by atoms with Crippen LogP contribution in [0.25, 0.3) is 10.8 Å². The molecule has 0 bridgehead atoms. The Bertz CT molecular complexity index is 672. The van der Waals surface area contributed by atoms with Gasteiger partial charge in [0.25, 0.3) is 0 Å². The number of nitrogens with zero attached hydrogens (tertiary/aromatic N) is 4. The molecule has 0 aliphatic rings. The number of nitrogens with one attached hydrogen (secondary N) is 1. The molecule has 0 aliphatic heterocycles. The number of fused-ring (bicyclic) bond motifs is 1. The molecule has 3 aromatic heterocycles. The number of thiazole rings is 1. The summed E-state index contributed by atoms with van der Waals surface area (Å²) in [4.78, 5) is 5.65. The summed E-state index contributed by atoms with van der Waals surface area (Å²) in [6, 6.07) is 1.91. The highest BCUT2D eigenvalue weighted by Gasteiger charge is 2.17. The molecule has 5 nitrogen and oxygen atoms in total. The maximum absolute atomic E-state index is 4.66. The zero-order chi connectivity index (χ0) is 13.5. The lowest BCUT2D eigenvalue weighted by molar-refractivity contribution is 0.420. The first-order valence-electron chi connectivity index (χ1n) is 6.24. The summed E-state index contributed by atoms with van der Waals surface area (Å²) in [5, 5.41) is 9.85. The van der Waals surface area contributed by atoms with Crippen LogP contribution >= 0.6 is 11.3 Å². The number of rotatable bonds is 3. The molecule has 19 heavy (non-hydrogen) atoms. The van der Waals surface area contributed by atoms with E-state index in [-0.39, 0.29) is 5.54 Å². The number of hydrogen-bond donors (Lipinski definition) is 1. The molecular weight excluding hydrogens is 258 g/mol. The molecule has 3 rings (SSSR count). The fraction of sp³-hybridized carbons (Fsp3) is 0.385. The highest BCUT2D eigenvalue weighted by molar-refractivity contribution is 7.15. The summed E-state index contributed by atoms with van der Waals surface area (Å²) in [6.07, 6.45) is 5.75. The molecule has 0 atom stereocenters. The highest BCUT2D eigenvalue weighted by Crippen LogP contribution is 2.20. The Morgan fingerprint density at radius 1 is 1.32 bits per heavy atom. The number of imidazole rings is 1. The molecule has 3 aromatic rings. The summed E-state index contributed by atoms with van der Waals surface area (Å²) < 4.78 is 3.94. The van der Waals surface area contributed by atoms with Crippen LogP contribution in [0.3, 0.4) is 0 Å². The molecule has 6 heteroatoms.